The standard InChI is InChI=1S/C25H19F6N3O4/c1-37-20-8-7-15(11-21(20)38-2)22(35)33-19-6-4-3-5-18(19)23(36)34-32-13-14-9-16(24(26,27)28)12-17(10-14)25(29,30)31/h3-13H,1-2H3,(H,33,35)(H,34,36). The Kier molecular flexibility index (Phi) is 8.29. The molecule has 0 heterocycles. The van der Waals surface area contributed by atoms with Crippen LogP contribution in [0.15, 0.2) is 65.8 Å². The molecule has 0 fully saturated rings. The van der Waals surface area contributed by atoms with E-state index in [1.54, 1.807) is 0 Å². The molecule has 38 heavy (non-hydrogen) atoms. The number of hydrazone groups is 1. The van der Waals surface area contributed by atoms with E-state index < -0.39 is 40.9 Å². The SMILES string of the molecule is COc1ccc(C(=O)Nc2ccccc2C(=O)NN=Cc2cc(C(F)(F)F)cc(C(F)(F)F)c2)cc1OC. The molecule has 0 aromatic heterocycles. The summed E-state index contributed by atoms with van der Waals surface area (Å²) in [6.07, 6.45) is -9.41. The minimum absolute atomic E-state index is 0.0206. The lowest BCUT2D eigenvalue weighted by Gasteiger charge is -2.13. The van der Waals surface area contributed by atoms with Gasteiger partial charge in [0.05, 0.1) is 42.8 Å². The Morgan fingerprint density at radius 3 is 1.97 bits per heavy atom. The van der Waals surface area contributed by atoms with E-state index in [4.69, 9.17) is 9.47 Å². The molecule has 0 bridgehead atoms. The molecule has 0 spiro atoms. The van der Waals surface area contributed by atoms with Crippen LogP contribution in [-0.2, 0) is 12.4 Å². The van der Waals surface area contributed by atoms with Gasteiger partial charge in [-0.1, -0.05) is 12.1 Å². The van der Waals surface area contributed by atoms with Gasteiger partial charge in [-0.3, -0.25) is 9.59 Å². The van der Waals surface area contributed by atoms with Gasteiger partial charge in [0.25, 0.3) is 11.8 Å². The minimum Gasteiger partial charge on any atom is -0.493 e. The van der Waals surface area contributed by atoms with E-state index in [1.807, 2.05) is 5.43 Å². The number of benzene rings is 3. The predicted octanol–water partition coefficient (Wildman–Crippen LogP) is 5.76. The van der Waals surface area contributed by atoms with E-state index in [-0.39, 0.29) is 22.9 Å². The molecular weight excluding hydrogens is 520 g/mol. The average Bonchev–Trinajstić information content (AvgIpc) is 2.87. The molecule has 13 heteroatoms. The van der Waals surface area contributed by atoms with E-state index in [0.717, 1.165) is 0 Å². The van der Waals surface area contributed by atoms with Crippen LogP contribution in [0.2, 0.25) is 0 Å². The van der Waals surface area contributed by atoms with Crippen LogP contribution in [-0.4, -0.2) is 32.2 Å². The molecule has 2 amide bonds. The second-order valence-corrected chi connectivity index (χ2v) is 7.61. The summed E-state index contributed by atoms with van der Waals surface area (Å²) in [7, 11) is 2.82. The third-order valence-corrected chi connectivity index (χ3v) is 5.06. The maximum atomic E-state index is 13.0. The molecule has 0 aliphatic carbocycles. The number of nitrogens with one attached hydrogen (secondary N) is 2. The maximum Gasteiger partial charge on any atom is 0.416 e. The Bertz CT molecular complexity index is 1340. The number of carbonyl (C=O) groups is 2. The molecule has 0 aliphatic heterocycles. The number of carbonyl (C=O) groups excluding carboxylic acids is 2. The molecule has 3 rings (SSSR count). The van der Waals surface area contributed by atoms with Crippen LogP contribution in [0.4, 0.5) is 32.0 Å². The van der Waals surface area contributed by atoms with E-state index in [1.165, 1.54) is 56.7 Å². The highest BCUT2D eigenvalue weighted by Gasteiger charge is 2.36. The third kappa shape index (κ3) is 6.81. The highest BCUT2D eigenvalue weighted by molar-refractivity contribution is 6.09. The summed E-state index contributed by atoms with van der Waals surface area (Å²) in [4.78, 5) is 25.4. The lowest BCUT2D eigenvalue weighted by Crippen LogP contribution is -2.21. The first-order chi connectivity index (χ1) is 17.8. The first-order valence-corrected chi connectivity index (χ1v) is 10.6. The number of hydrogen-bond donors (Lipinski definition) is 2. The number of hydrogen-bond acceptors (Lipinski definition) is 5. The lowest BCUT2D eigenvalue weighted by atomic mass is 10.1. The van der Waals surface area contributed by atoms with Crippen molar-refractivity contribution in [2.45, 2.75) is 12.4 Å². The second kappa shape index (κ2) is 11.2. The zero-order chi connectivity index (χ0) is 28.1. The third-order valence-electron chi connectivity index (χ3n) is 5.06. The Morgan fingerprint density at radius 2 is 1.39 bits per heavy atom. The number of rotatable bonds is 7. The molecule has 7 nitrogen and oxygen atoms in total. The van der Waals surface area contributed by atoms with Gasteiger partial charge in [-0.05, 0) is 54.1 Å². The van der Waals surface area contributed by atoms with Gasteiger partial charge in [0.2, 0.25) is 0 Å². The molecule has 0 radical (unpaired) electrons. The fraction of sp³-hybridized carbons (Fsp3) is 0.160. The fourth-order valence-corrected chi connectivity index (χ4v) is 3.24. The Labute approximate surface area is 212 Å². The van der Waals surface area contributed by atoms with Crippen molar-refractivity contribution >= 4 is 23.7 Å². The molecule has 0 saturated heterocycles. The zero-order valence-electron chi connectivity index (χ0n) is 19.7. The van der Waals surface area contributed by atoms with Crippen molar-refractivity contribution in [3.63, 3.8) is 0 Å². The van der Waals surface area contributed by atoms with E-state index in [9.17, 15) is 35.9 Å². The van der Waals surface area contributed by atoms with Gasteiger partial charge < -0.3 is 14.8 Å². The van der Waals surface area contributed by atoms with Crippen LogP contribution in [0.5, 0.6) is 11.5 Å². The zero-order valence-corrected chi connectivity index (χ0v) is 19.7. The van der Waals surface area contributed by atoms with Crippen molar-refractivity contribution in [3.8, 4) is 11.5 Å². The van der Waals surface area contributed by atoms with Gasteiger partial charge in [0, 0.05) is 5.56 Å². The number of halogens is 6. The smallest absolute Gasteiger partial charge is 0.416 e. The van der Waals surface area contributed by atoms with Crippen molar-refractivity contribution < 1.29 is 45.4 Å². The van der Waals surface area contributed by atoms with Gasteiger partial charge in [-0.15, -0.1) is 0 Å². The van der Waals surface area contributed by atoms with Crippen LogP contribution >= 0.6 is 0 Å². The number of ether oxygens (including phenoxy) is 2. The van der Waals surface area contributed by atoms with Gasteiger partial charge in [0.15, 0.2) is 11.5 Å². The van der Waals surface area contributed by atoms with Crippen LogP contribution in [0.3, 0.4) is 0 Å². The van der Waals surface area contributed by atoms with Crippen LogP contribution in [0, 0.1) is 0 Å². The quantitative estimate of drug-likeness (QED) is 0.227. The average molecular weight is 539 g/mol. The van der Waals surface area contributed by atoms with Gasteiger partial charge in [-0.2, -0.15) is 31.4 Å². The van der Waals surface area contributed by atoms with Crippen LogP contribution < -0.4 is 20.2 Å². The normalized spacial score (nSPS) is 11.8. The number of amides is 2. The minimum atomic E-state index is -5.03. The largest absolute Gasteiger partial charge is 0.493 e. The summed E-state index contributed by atoms with van der Waals surface area (Å²) in [5, 5.41) is 6.04. The molecule has 0 atom stereocenters. The van der Waals surface area contributed by atoms with Gasteiger partial charge in [-0.25, -0.2) is 5.43 Å². The second-order valence-electron chi connectivity index (χ2n) is 7.61. The molecule has 2 N–H and O–H groups in total. The van der Waals surface area contributed by atoms with Crippen molar-refractivity contribution in [1.82, 2.24) is 5.43 Å². The molecular formula is C25H19F6N3O4. The first kappa shape index (κ1) is 28.0. The number of methoxy groups -OCH3 is 2. The molecule has 0 unspecified atom stereocenters. The lowest BCUT2D eigenvalue weighted by molar-refractivity contribution is -0.143. The summed E-state index contributed by atoms with van der Waals surface area (Å²) < 4.78 is 88.5. The van der Waals surface area contributed by atoms with Crippen LogP contribution in [0.25, 0.3) is 0 Å². The van der Waals surface area contributed by atoms with Crippen molar-refractivity contribution in [2.75, 3.05) is 19.5 Å². The topological polar surface area (TPSA) is 89.0 Å². The van der Waals surface area contributed by atoms with Crippen molar-refractivity contribution in [2.24, 2.45) is 5.10 Å². The monoisotopic (exact) mass is 539 g/mol. The van der Waals surface area contributed by atoms with E-state index in [2.05, 4.69) is 10.4 Å². The van der Waals surface area contributed by atoms with Gasteiger partial charge >= 0.3 is 12.4 Å². The van der Waals surface area contributed by atoms with E-state index in [0.29, 0.717) is 29.8 Å². The Morgan fingerprint density at radius 1 is 0.789 bits per heavy atom. The van der Waals surface area contributed by atoms with Crippen molar-refractivity contribution in [3.05, 3.63) is 88.5 Å². The fourth-order valence-electron chi connectivity index (χ4n) is 3.24. The van der Waals surface area contributed by atoms with Crippen molar-refractivity contribution in [1.29, 1.82) is 0 Å². The summed E-state index contributed by atoms with van der Waals surface area (Å²) in [5.41, 5.74) is -1.38. The predicted molar refractivity (Wildman–Crippen MR) is 125 cm³/mol. The summed E-state index contributed by atoms with van der Waals surface area (Å²) in [6.45, 7) is 0. The summed E-state index contributed by atoms with van der Waals surface area (Å²) in [6, 6.07) is 11.1. The summed E-state index contributed by atoms with van der Waals surface area (Å²) >= 11 is 0. The molecule has 0 aliphatic rings. The van der Waals surface area contributed by atoms with Crippen LogP contribution in [0.1, 0.15) is 37.4 Å². The first-order valence-electron chi connectivity index (χ1n) is 10.6. The maximum absolute atomic E-state index is 13.0. The number of anilines is 1. The Balaban J connectivity index is 1.80. The number of alkyl halides is 6. The highest BCUT2D eigenvalue weighted by atomic mass is 19.4. The molecule has 0 saturated carbocycles. The Hall–Kier alpha value is -4.55. The number of nitrogens with zero attached hydrogens (tertiary/aromatic N) is 1. The molecule has 3 aromatic carbocycles. The van der Waals surface area contributed by atoms with Gasteiger partial charge in [0.1, 0.15) is 0 Å². The highest BCUT2D eigenvalue weighted by Crippen LogP contribution is 2.36. The number of para-hydroxylation sites is 1. The molecule has 3 aromatic rings. The summed E-state index contributed by atoms with van der Waals surface area (Å²) in [5.74, 6) is -0.792. The molecule has 200 valence electrons. The van der Waals surface area contributed by atoms with E-state index >= 15 is 0 Å².